The van der Waals surface area contributed by atoms with Gasteiger partial charge in [0.05, 0.1) is 12.8 Å². The Bertz CT molecular complexity index is 982. The second kappa shape index (κ2) is 8.90. The van der Waals surface area contributed by atoms with E-state index in [1.165, 1.54) is 4.90 Å². The average Bonchev–Trinajstić information content (AvgIpc) is 2.72. The second-order valence-electron chi connectivity index (χ2n) is 6.25. The fourth-order valence-corrected chi connectivity index (χ4v) is 2.93. The number of fused-ring (bicyclic) bond motifs is 1. The zero-order valence-electron chi connectivity index (χ0n) is 15.9. The van der Waals surface area contributed by atoms with Gasteiger partial charge in [0.1, 0.15) is 12.3 Å². The number of ether oxygens (including phenoxy) is 1. The molecule has 28 heavy (non-hydrogen) atoms. The topological polar surface area (TPSA) is 70.7 Å². The molecule has 3 amide bonds. The maximum atomic E-state index is 12.7. The maximum absolute atomic E-state index is 12.7. The molecule has 6 nitrogen and oxygen atoms in total. The Morgan fingerprint density at radius 3 is 2.50 bits per heavy atom. The van der Waals surface area contributed by atoms with Crippen LogP contribution in [0.3, 0.4) is 0 Å². The second-order valence-corrected chi connectivity index (χ2v) is 6.25. The lowest BCUT2D eigenvalue weighted by atomic mass is 10.1. The van der Waals surface area contributed by atoms with Gasteiger partial charge in [-0.2, -0.15) is 0 Å². The number of hydrogen-bond acceptors (Lipinski definition) is 3. The van der Waals surface area contributed by atoms with Crippen LogP contribution in [0.5, 0.6) is 5.75 Å². The van der Waals surface area contributed by atoms with Gasteiger partial charge in [-0.25, -0.2) is 4.79 Å². The van der Waals surface area contributed by atoms with E-state index in [2.05, 4.69) is 10.6 Å². The SMILES string of the molecule is CCN(CC(=O)Nc1cccc(OC)c1)C(=O)Nc1cccc2ccccc12. The van der Waals surface area contributed by atoms with Crippen molar-refractivity contribution in [2.45, 2.75) is 6.92 Å². The van der Waals surface area contributed by atoms with Crippen molar-refractivity contribution in [2.24, 2.45) is 0 Å². The lowest BCUT2D eigenvalue weighted by Crippen LogP contribution is -2.40. The lowest BCUT2D eigenvalue weighted by Gasteiger charge is -2.21. The van der Waals surface area contributed by atoms with Gasteiger partial charge in [-0.15, -0.1) is 0 Å². The quantitative estimate of drug-likeness (QED) is 0.671. The average molecular weight is 377 g/mol. The van der Waals surface area contributed by atoms with Gasteiger partial charge >= 0.3 is 6.03 Å². The van der Waals surface area contributed by atoms with E-state index >= 15 is 0 Å². The number of amides is 3. The van der Waals surface area contributed by atoms with E-state index < -0.39 is 0 Å². The predicted molar refractivity (Wildman–Crippen MR) is 112 cm³/mol. The molecule has 0 atom stereocenters. The number of carbonyl (C=O) groups excluding carboxylic acids is 2. The van der Waals surface area contributed by atoms with Crippen molar-refractivity contribution in [3.05, 3.63) is 66.7 Å². The number of rotatable bonds is 6. The molecule has 0 unspecified atom stereocenters. The minimum Gasteiger partial charge on any atom is -0.497 e. The molecular formula is C22H23N3O3. The molecular weight excluding hydrogens is 354 g/mol. The fourth-order valence-electron chi connectivity index (χ4n) is 2.93. The number of urea groups is 1. The van der Waals surface area contributed by atoms with Crippen LogP contribution in [0.1, 0.15) is 6.92 Å². The molecule has 0 heterocycles. The first-order chi connectivity index (χ1) is 13.6. The highest BCUT2D eigenvalue weighted by molar-refractivity contribution is 6.03. The molecule has 0 saturated heterocycles. The van der Waals surface area contributed by atoms with Crippen molar-refractivity contribution in [1.29, 1.82) is 0 Å². The molecule has 3 rings (SSSR count). The molecule has 0 saturated carbocycles. The maximum Gasteiger partial charge on any atom is 0.322 e. The van der Waals surface area contributed by atoms with Crippen LogP contribution in [0.15, 0.2) is 66.7 Å². The van der Waals surface area contributed by atoms with Crippen LogP contribution in [0.25, 0.3) is 10.8 Å². The predicted octanol–water partition coefficient (Wildman–Crippen LogP) is 4.34. The molecule has 0 fully saturated rings. The van der Waals surface area contributed by atoms with Gasteiger partial charge in [0.2, 0.25) is 5.91 Å². The van der Waals surface area contributed by atoms with Gasteiger partial charge in [-0.3, -0.25) is 4.79 Å². The Labute approximate surface area is 164 Å². The van der Waals surface area contributed by atoms with Crippen LogP contribution >= 0.6 is 0 Å². The van der Waals surface area contributed by atoms with Crippen LogP contribution < -0.4 is 15.4 Å². The van der Waals surface area contributed by atoms with Crippen molar-refractivity contribution < 1.29 is 14.3 Å². The minimum atomic E-state index is -0.320. The Morgan fingerprint density at radius 2 is 1.71 bits per heavy atom. The Morgan fingerprint density at radius 1 is 0.964 bits per heavy atom. The summed E-state index contributed by atoms with van der Waals surface area (Å²) < 4.78 is 5.15. The van der Waals surface area contributed by atoms with Gasteiger partial charge in [-0.1, -0.05) is 42.5 Å². The molecule has 0 aliphatic heterocycles. The van der Waals surface area contributed by atoms with Crippen LogP contribution in [0.4, 0.5) is 16.2 Å². The lowest BCUT2D eigenvalue weighted by molar-refractivity contribution is -0.116. The number of methoxy groups -OCH3 is 1. The smallest absolute Gasteiger partial charge is 0.322 e. The normalized spacial score (nSPS) is 10.4. The van der Waals surface area contributed by atoms with Crippen molar-refractivity contribution in [3.8, 4) is 5.75 Å². The number of benzene rings is 3. The van der Waals surface area contributed by atoms with Gasteiger partial charge in [0, 0.05) is 23.7 Å². The third kappa shape index (κ3) is 4.59. The molecule has 6 heteroatoms. The number of nitrogens with zero attached hydrogens (tertiary/aromatic N) is 1. The highest BCUT2D eigenvalue weighted by atomic mass is 16.5. The van der Waals surface area contributed by atoms with Gasteiger partial charge in [0.15, 0.2) is 0 Å². The first-order valence-electron chi connectivity index (χ1n) is 9.08. The number of likely N-dealkylation sites (N-methyl/N-ethyl adjacent to an activating group) is 1. The van der Waals surface area contributed by atoms with E-state index in [1.54, 1.807) is 31.4 Å². The molecule has 0 radical (unpaired) electrons. The van der Waals surface area contributed by atoms with Gasteiger partial charge in [0.25, 0.3) is 0 Å². The van der Waals surface area contributed by atoms with Crippen molar-refractivity contribution in [3.63, 3.8) is 0 Å². The molecule has 144 valence electrons. The molecule has 3 aromatic carbocycles. The summed E-state index contributed by atoms with van der Waals surface area (Å²) in [5, 5.41) is 7.69. The van der Waals surface area contributed by atoms with E-state index in [0.717, 1.165) is 16.5 Å². The van der Waals surface area contributed by atoms with E-state index in [4.69, 9.17) is 4.74 Å². The minimum absolute atomic E-state index is 0.0513. The molecule has 0 aliphatic rings. The van der Waals surface area contributed by atoms with E-state index in [0.29, 0.717) is 18.0 Å². The summed E-state index contributed by atoms with van der Waals surface area (Å²) >= 11 is 0. The van der Waals surface area contributed by atoms with Crippen molar-refractivity contribution in [1.82, 2.24) is 4.90 Å². The molecule has 3 aromatic rings. The highest BCUT2D eigenvalue weighted by Crippen LogP contribution is 2.23. The standard InChI is InChI=1S/C22H23N3O3/c1-3-25(15-21(26)23-17-10-7-11-18(14-17)28-2)22(27)24-20-13-6-9-16-8-4-5-12-19(16)20/h4-14H,3,15H2,1-2H3,(H,23,26)(H,24,27). The number of hydrogen-bond donors (Lipinski definition) is 2. The Hall–Kier alpha value is -3.54. The Kier molecular flexibility index (Phi) is 6.11. The molecule has 0 aromatic heterocycles. The van der Waals surface area contributed by atoms with E-state index in [-0.39, 0.29) is 18.5 Å². The molecule has 2 N–H and O–H groups in total. The Balaban J connectivity index is 1.66. The first kappa shape index (κ1) is 19.2. The number of carbonyl (C=O) groups is 2. The largest absolute Gasteiger partial charge is 0.497 e. The van der Waals surface area contributed by atoms with Crippen molar-refractivity contribution in [2.75, 3.05) is 30.8 Å². The zero-order valence-corrected chi connectivity index (χ0v) is 15.9. The summed E-state index contributed by atoms with van der Waals surface area (Å²) in [6.07, 6.45) is 0. The van der Waals surface area contributed by atoms with E-state index in [9.17, 15) is 9.59 Å². The van der Waals surface area contributed by atoms with Crippen molar-refractivity contribution >= 4 is 34.1 Å². The summed E-state index contributed by atoms with van der Waals surface area (Å²) in [4.78, 5) is 26.5. The zero-order chi connectivity index (χ0) is 19.9. The van der Waals surface area contributed by atoms with Crippen LogP contribution in [0.2, 0.25) is 0 Å². The highest BCUT2D eigenvalue weighted by Gasteiger charge is 2.16. The van der Waals surface area contributed by atoms with Gasteiger partial charge < -0.3 is 20.3 Å². The number of nitrogens with one attached hydrogen (secondary N) is 2. The van der Waals surface area contributed by atoms with E-state index in [1.807, 2.05) is 49.4 Å². The monoisotopic (exact) mass is 377 g/mol. The summed E-state index contributed by atoms with van der Waals surface area (Å²) in [5.41, 5.74) is 1.34. The first-order valence-corrected chi connectivity index (χ1v) is 9.08. The summed E-state index contributed by atoms with van der Waals surface area (Å²) in [6.45, 7) is 2.19. The van der Waals surface area contributed by atoms with Gasteiger partial charge in [-0.05, 0) is 30.5 Å². The van der Waals surface area contributed by atoms with Crippen LogP contribution in [-0.2, 0) is 4.79 Å². The summed E-state index contributed by atoms with van der Waals surface area (Å²) in [6, 6.07) is 20.3. The molecule has 0 aliphatic carbocycles. The third-order valence-corrected chi connectivity index (χ3v) is 4.39. The summed E-state index contributed by atoms with van der Waals surface area (Å²) in [7, 11) is 1.57. The fraction of sp³-hybridized carbons (Fsp3) is 0.182. The third-order valence-electron chi connectivity index (χ3n) is 4.39. The number of anilines is 2. The molecule has 0 bridgehead atoms. The van der Waals surface area contributed by atoms with Crippen LogP contribution in [-0.4, -0.2) is 37.0 Å². The summed E-state index contributed by atoms with van der Waals surface area (Å²) in [5.74, 6) is 0.377. The molecule has 0 spiro atoms. The van der Waals surface area contributed by atoms with Crippen LogP contribution in [0, 0.1) is 0 Å².